The molecule has 2 aromatic rings. The van der Waals surface area contributed by atoms with Gasteiger partial charge in [-0.3, -0.25) is 9.58 Å². The number of benzene rings is 1. The lowest BCUT2D eigenvalue weighted by molar-refractivity contribution is 0.0517. The summed E-state index contributed by atoms with van der Waals surface area (Å²) in [7, 11) is 1.65. The quantitative estimate of drug-likeness (QED) is 0.800. The average Bonchev–Trinajstić information content (AvgIpc) is 3.23. The smallest absolute Gasteiger partial charge is 0.358 e. The molecular formula is C19H23N5O3. The number of esters is 1. The number of aromatic nitrogens is 2. The highest BCUT2D eigenvalue weighted by atomic mass is 16.5. The van der Waals surface area contributed by atoms with Gasteiger partial charge in [-0.1, -0.05) is 13.8 Å². The largest absolute Gasteiger partial charge is 0.497 e. The minimum atomic E-state index is -0.412. The fraction of sp³-hybridized carbons (Fsp3) is 0.368. The number of hydrogen-bond acceptors (Lipinski definition) is 7. The van der Waals surface area contributed by atoms with Crippen molar-refractivity contribution < 1.29 is 14.3 Å². The fourth-order valence-electron chi connectivity index (χ4n) is 3.51. The number of hydrogen-bond donors (Lipinski definition) is 2. The van der Waals surface area contributed by atoms with Crippen LogP contribution in [-0.4, -0.2) is 34.2 Å². The lowest BCUT2D eigenvalue weighted by Crippen LogP contribution is -2.37. The summed E-state index contributed by atoms with van der Waals surface area (Å²) in [5.41, 5.74) is 11.7. The Morgan fingerprint density at radius 3 is 2.89 bits per heavy atom. The number of allylic oxidation sites excluding steroid dienone is 1. The van der Waals surface area contributed by atoms with Gasteiger partial charge >= 0.3 is 5.97 Å². The molecule has 0 atom stereocenters. The molecule has 27 heavy (non-hydrogen) atoms. The van der Waals surface area contributed by atoms with E-state index in [1.165, 1.54) is 0 Å². The van der Waals surface area contributed by atoms with E-state index in [0.29, 0.717) is 18.8 Å². The summed E-state index contributed by atoms with van der Waals surface area (Å²) in [6, 6.07) is 5.91. The van der Waals surface area contributed by atoms with Crippen LogP contribution in [0.15, 0.2) is 30.2 Å². The van der Waals surface area contributed by atoms with Crippen LogP contribution < -0.4 is 15.7 Å². The van der Waals surface area contributed by atoms with Crippen LogP contribution >= 0.6 is 0 Å². The van der Waals surface area contributed by atoms with Gasteiger partial charge in [-0.15, -0.1) is 5.53 Å². The molecule has 0 amide bonds. The molecule has 0 fully saturated rings. The second kappa shape index (κ2) is 6.62. The Bertz CT molecular complexity index is 931. The Morgan fingerprint density at radius 2 is 2.19 bits per heavy atom. The Labute approximate surface area is 157 Å². The van der Waals surface area contributed by atoms with Crippen LogP contribution in [0.3, 0.4) is 0 Å². The number of rotatable bonds is 4. The summed E-state index contributed by atoms with van der Waals surface area (Å²) in [4.78, 5) is 16.7. The van der Waals surface area contributed by atoms with Crippen molar-refractivity contribution in [1.29, 1.82) is 0 Å². The average molecular weight is 369 g/mol. The molecule has 0 bridgehead atoms. The molecule has 0 unspecified atom stereocenters. The Balaban J connectivity index is 1.95. The third-order valence-corrected chi connectivity index (χ3v) is 4.79. The Morgan fingerprint density at radius 1 is 1.37 bits per heavy atom. The van der Waals surface area contributed by atoms with Crippen molar-refractivity contribution in [3.05, 3.63) is 47.2 Å². The summed E-state index contributed by atoms with van der Waals surface area (Å²) in [5, 5.41) is 2.00. The molecule has 142 valence electrons. The highest BCUT2D eigenvalue weighted by molar-refractivity contribution is 5.89. The van der Waals surface area contributed by atoms with E-state index in [2.05, 4.69) is 29.8 Å². The summed E-state index contributed by atoms with van der Waals surface area (Å²) in [6.45, 7) is 6.83. The molecule has 1 aromatic heterocycles. The molecule has 0 radical (unpaired) electrons. The second-order valence-electron chi connectivity index (χ2n) is 6.75. The third-order valence-electron chi connectivity index (χ3n) is 4.79. The van der Waals surface area contributed by atoms with E-state index in [-0.39, 0.29) is 5.92 Å². The number of carbonyl (C=O) groups is 1. The number of ether oxygens (including phenoxy) is 2. The van der Waals surface area contributed by atoms with Crippen LogP contribution in [0.4, 0.5) is 0 Å². The zero-order valence-electron chi connectivity index (χ0n) is 15.9. The van der Waals surface area contributed by atoms with Crippen molar-refractivity contribution in [2.75, 3.05) is 13.7 Å². The van der Waals surface area contributed by atoms with Crippen LogP contribution in [0.25, 0.3) is 11.4 Å². The van der Waals surface area contributed by atoms with Crippen molar-refractivity contribution in [2.45, 2.75) is 27.3 Å². The van der Waals surface area contributed by atoms with Crippen molar-refractivity contribution in [2.24, 2.45) is 5.92 Å². The Kier molecular flexibility index (Phi) is 4.27. The molecule has 2 N–H and O–H groups in total. The summed E-state index contributed by atoms with van der Waals surface area (Å²) in [5.74, 6) is 0.645. The fourth-order valence-corrected chi connectivity index (χ4v) is 3.51. The monoisotopic (exact) mass is 369 g/mol. The van der Waals surface area contributed by atoms with Crippen molar-refractivity contribution in [3.63, 3.8) is 0 Å². The van der Waals surface area contributed by atoms with Crippen molar-refractivity contribution >= 4 is 11.7 Å². The maximum absolute atomic E-state index is 12.4. The summed E-state index contributed by atoms with van der Waals surface area (Å²) >= 11 is 0. The number of imidazole rings is 1. The number of nitrogens with zero attached hydrogens (tertiary/aromatic N) is 3. The topological polar surface area (TPSA) is 80.7 Å². The SMILES string of the molecule is CCOC(=O)c1ncn2c1CN1NNC(C(C)C)=C1c1cc(OC)ccc1-2. The van der Waals surface area contributed by atoms with Crippen LogP contribution in [0.2, 0.25) is 0 Å². The molecule has 0 saturated carbocycles. The minimum Gasteiger partial charge on any atom is -0.497 e. The van der Waals surface area contributed by atoms with E-state index < -0.39 is 5.97 Å². The van der Waals surface area contributed by atoms with Gasteiger partial charge in [0.25, 0.3) is 0 Å². The van der Waals surface area contributed by atoms with Gasteiger partial charge in [0.1, 0.15) is 12.1 Å². The minimum absolute atomic E-state index is 0.289. The second-order valence-corrected chi connectivity index (χ2v) is 6.75. The molecule has 0 spiro atoms. The molecule has 4 rings (SSSR count). The van der Waals surface area contributed by atoms with Gasteiger partial charge in [-0.2, -0.15) is 0 Å². The predicted octanol–water partition coefficient (Wildman–Crippen LogP) is 2.22. The summed E-state index contributed by atoms with van der Waals surface area (Å²) < 4.78 is 12.6. The van der Waals surface area contributed by atoms with E-state index in [1.807, 2.05) is 27.8 Å². The van der Waals surface area contributed by atoms with Gasteiger partial charge in [-0.05, 0) is 31.0 Å². The van der Waals surface area contributed by atoms with Crippen LogP contribution in [0.1, 0.15) is 42.5 Å². The molecule has 8 nitrogen and oxygen atoms in total. The van der Waals surface area contributed by atoms with Crippen LogP contribution in [0, 0.1) is 5.92 Å². The van der Waals surface area contributed by atoms with E-state index in [9.17, 15) is 4.79 Å². The number of fused-ring (bicyclic) bond motifs is 5. The lowest BCUT2D eigenvalue weighted by Gasteiger charge is -2.19. The standard InChI is InChI=1S/C19H23N5O3/c1-5-27-19(25)17-15-9-24-18(16(11(2)3)21-22-24)13-8-12(26-4)6-7-14(13)23(15)10-20-17/h6-8,10-11,21-22H,5,9H2,1-4H3. The molecule has 2 aliphatic heterocycles. The lowest BCUT2D eigenvalue weighted by atomic mass is 10.0. The van der Waals surface area contributed by atoms with Gasteiger partial charge < -0.3 is 14.9 Å². The molecule has 0 aliphatic carbocycles. The van der Waals surface area contributed by atoms with Crippen molar-refractivity contribution in [3.8, 4) is 11.4 Å². The highest BCUT2D eigenvalue weighted by Crippen LogP contribution is 2.38. The maximum Gasteiger partial charge on any atom is 0.358 e. The van der Waals surface area contributed by atoms with Crippen molar-refractivity contribution in [1.82, 2.24) is 25.5 Å². The Hall–Kier alpha value is -3.00. The maximum atomic E-state index is 12.4. The normalized spacial score (nSPS) is 15.1. The number of methoxy groups -OCH3 is 1. The highest BCUT2D eigenvalue weighted by Gasteiger charge is 2.34. The first kappa shape index (κ1) is 17.4. The molecular weight excluding hydrogens is 346 g/mol. The molecule has 0 saturated heterocycles. The predicted molar refractivity (Wildman–Crippen MR) is 99.6 cm³/mol. The first-order valence-electron chi connectivity index (χ1n) is 9.00. The van der Waals surface area contributed by atoms with Crippen LogP contribution in [0.5, 0.6) is 5.75 Å². The molecule has 3 heterocycles. The summed E-state index contributed by atoms with van der Waals surface area (Å²) in [6.07, 6.45) is 1.68. The van der Waals surface area contributed by atoms with Gasteiger partial charge in [0, 0.05) is 5.56 Å². The van der Waals surface area contributed by atoms with Crippen LogP contribution in [-0.2, 0) is 11.3 Å². The molecule has 2 aliphatic rings. The van der Waals surface area contributed by atoms with Gasteiger partial charge in [-0.25, -0.2) is 9.78 Å². The first-order valence-corrected chi connectivity index (χ1v) is 9.00. The van der Waals surface area contributed by atoms with Gasteiger partial charge in [0.15, 0.2) is 5.69 Å². The number of nitrogens with one attached hydrogen (secondary N) is 2. The van der Waals surface area contributed by atoms with E-state index in [1.54, 1.807) is 20.4 Å². The van der Waals surface area contributed by atoms with Gasteiger partial charge in [0.05, 0.1) is 43.0 Å². The zero-order chi connectivity index (χ0) is 19.1. The van der Waals surface area contributed by atoms with E-state index >= 15 is 0 Å². The zero-order valence-corrected chi connectivity index (χ0v) is 15.9. The third kappa shape index (κ3) is 2.73. The number of carbonyl (C=O) groups excluding carboxylic acids is 1. The van der Waals surface area contributed by atoms with E-state index in [0.717, 1.165) is 34.1 Å². The molecule has 8 heteroatoms. The van der Waals surface area contributed by atoms with Gasteiger partial charge in [0.2, 0.25) is 0 Å². The first-order chi connectivity index (χ1) is 13.0. The number of hydrazine groups is 2. The van der Waals surface area contributed by atoms with E-state index in [4.69, 9.17) is 9.47 Å². The molecule has 1 aromatic carbocycles.